The molecule has 0 aromatic heterocycles. The van der Waals surface area contributed by atoms with Gasteiger partial charge >= 0.3 is 0 Å². The van der Waals surface area contributed by atoms with Crippen LogP contribution in [0.5, 0.6) is 0 Å². The van der Waals surface area contributed by atoms with Crippen LogP contribution < -0.4 is 5.73 Å². The van der Waals surface area contributed by atoms with Crippen LogP contribution in [0.2, 0.25) is 0 Å². The fraction of sp³-hybridized carbons (Fsp3) is 0.833. The smallest absolute Gasteiger partial charge is 0.235 e. The Labute approximate surface area is 107 Å². The third-order valence-electron chi connectivity index (χ3n) is 3.75. The molecule has 2 fully saturated rings. The minimum Gasteiger partial charge on any atom is -0.392 e. The second kappa shape index (κ2) is 4.90. The summed E-state index contributed by atoms with van der Waals surface area (Å²) >= 11 is 5.02. The van der Waals surface area contributed by atoms with Crippen molar-refractivity contribution in [2.75, 3.05) is 19.7 Å². The van der Waals surface area contributed by atoms with E-state index in [0.717, 1.165) is 32.3 Å². The summed E-state index contributed by atoms with van der Waals surface area (Å²) in [6, 6.07) is 0. The molecule has 0 spiro atoms. The van der Waals surface area contributed by atoms with E-state index >= 15 is 0 Å². The highest BCUT2D eigenvalue weighted by atomic mass is 32.1. The standard InChI is InChI=1S/C12H20N2O2S/c1-2-14(8-9-4-3-7-16-9)11(15)12(5-6-12)10(13)17/h9H,2-8H2,1H3,(H2,13,17). The maximum Gasteiger partial charge on any atom is 0.235 e. The van der Waals surface area contributed by atoms with Gasteiger partial charge in [0.25, 0.3) is 0 Å². The summed E-state index contributed by atoms with van der Waals surface area (Å²) in [5.74, 6) is 0.100. The van der Waals surface area contributed by atoms with Gasteiger partial charge in [-0.05, 0) is 32.6 Å². The molecule has 0 bridgehead atoms. The van der Waals surface area contributed by atoms with Gasteiger partial charge in [0.15, 0.2) is 0 Å². The Morgan fingerprint density at radius 1 is 1.59 bits per heavy atom. The molecule has 1 saturated heterocycles. The van der Waals surface area contributed by atoms with Crippen molar-refractivity contribution in [1.82, 2.24) is 4.90 Å². The predicted molar refractivity (Wildman–Crippen MR) is 69.7 cm³/mol. The minimum absolute atomic E-state index is 0.100. The largest absolute Gasteiger partial charge is 0.392 e. The molecular weight excluding hydrogens is 236 g/mol. The van der Waals surface area contributed by atoms with Crippen LogP contribution in [-0.4, -0.2) is 41.6 Å². The van der Waals surface area contributed by atoms with Crippen molar-refractivity contribution < 1.29 is 9.53 Å². The Morgan fingerprint density at radius 3 is 2.71 bits per heavy atom. The van der Waals surface area contributed by atoms with Crippen molar-refractivity contribution in [3.05, 3.63) is 0 Å². The number of ether oxygens (including phenoxy) is 1. The lowest BCUT2D eigenvalue weighted by Crippen LogP contribution is -2.45. The van der Waals surface area contributed by atoms with Crippen LogP contribution in [0.25, 0.3) is 0 Å². The quantitative estimate of drug-likeness (QED) is 0.748. The van der Waals surface area contributed by atoms with E-state index in [-0.39, 0.29) is 12.0 Å². The van der Waals surface area contributed by atoms with E-state index in [9.17, 15) is 4.79 Å². The zero-order chi connectivity index (χ0) is 12.5. The number of thiocarbonyl (C=S) groups is 1. The number of hydrogen-bond acceptors (Lipinski definition) is 3. The lowest BCUT2D eigenvalue weighted by atomic mass is 10.1. The van der Waals surface area contributed by atoms with Gasteiger partial charge in [0.2, 0.25) is 5.91 Å². The summed E-state index contributed by atoms with van der Waals surface area (Å²) in [5, 5.41) is 0. The van der Waals surface area contributed by atoms with Gasteiger partial charge in [0.1, 0.15) is 0 Å². The van der Waals surface area contributed by atoms with Crippen molar-refractivity contribution in [2.45, 2.75) is 38.7 Å². The Balaban J connectivity index is 1.98. The van der Waals surface area contributed by atoms with Crippen LogP contribution >= 0.6 is 12.2 Å². The molecule has 1 amide bonds. The Morgan fingerprint density at radius 2 is 2.29 bits per heavy atom. The number of nitrogens with two attached hydrogens (primary N) is 1. The van der Waals surface area contributed by atoms with Gasteiger partial charge in [0.05, 0.1) is 16.5 Å². The first-order valence-electron chi connectivity index (χ1n) is 6.31. The van der Waals surface area contributed by atoms with E-state index in [1.807, 2.05) is 11.8 Å². The number of likely N-dealkylation sites (N-methyl/N-ethyl adjacent to an activating group) is 1. The predicted octanol–water partition coefficient (Wildman–Crippen LogP) is 1.08. The number of carbonyl (C=O) groups is 1. The third-order valence-corrected chi connectivity index (χ3v) is 4.14. The Hall–Kier alpha value is -0.680. The van der Waals surface area contributed by atoms with Crippen molar-refractivity contribution in [3.63, 3.8) is 0 Å². The highest BCUT2D eigenvalue weighted by molar-refractivity contribution is 7.80. The van der Waals surface area contributed by atoms with Crippen LogP contribution in [0.1, 0.15) is 32.6 Å². The molecule has 5 heteroatoms. The van der Waals surface area contributed by atoms with Gasteiger partial charge in [-0.2, -0.15) is 0 Å². The normalized spacial score (nSPS) is 25.6. The molecule has 17 heavy (non-hydrogen) atoms. The van der Waals surface area contributed by atoms with E-state index < -0.39 is 5.41 Å². The van der Waals surface area contributed by atoms with Crippen LogP contribution in [0.4, 0.5) is 0 Å². The zero-order valence-corrected chi connectivity index (χ0v) is 11.1. The van der Waals surface area contributed by atoms with Gasteiger partial charge in [0, 0.05) is 19.7 Å². The number of rotatable bonds is 5. The topological polar surface area (TPSA) is 55.6 Å². The number of nitrogens with zero attached hydrogens (tertiary/aromatic N) is 1. The average Bonchev–Trinajstić information content (AvgIpc) is 2.98. The Kier molecular flexibility index (Phi) is 3.68. The minimum atomic E-state index is -0.524. The highest BCUT2D eigenvalue weighted by Crippen LogP contribution is 2.47. The van der Waals surface area contributed by atoms with Crippen molar-refractivity contribution in [1.29, 1.82) is 0 Å². The summed E-state index contributed by atoms with van der Waals surface area (Å²) < 4.78 is 5.57. The second-order valence-corrected chi connectivity index (χ2v) is 5.37. The highest BCUT2D eigenvalue weighted by Gasteiger charge is 2.54. The molecule has 0 aromatic rings. The molecule has 4 nitrogen and oxygen atoms in total. The summed E-state index contributed by atoms with van der Waals surface area (Å²) in [5.41, 5.74) is 5.16. The molecule has 0 radical (unpaired) electrons. The lowest BCUT2D eigenvalue weighted by Gasteiger charge is -2.27. The third kappa shape index (κ3) is 2.45. The molecule has 1 atom stereocenters. The van der Waals surface area contributed by atoms with Gasteiger partial charge in [-0.15, -0.1) is 0 Å². The first-order valence-corrected chi connectivity index (χ1v) is 6.72. The first-order chi connectivity index (χ1) is 8.10. The number of carbonyl (C=O) groups excluding carboxylic acids is 1. The maximum absolute atomic E-state index is 12.4. The molecular formula is C12H20N2O2S. The molecule has 1 aliphatic heterocycles. The van der Waals surface area contributed by atoms with Crippen LogP contribution in [-0.2, 0) is 9.53 Å². The second-order valence-electron chi connectivity index (χ2n) is 4.93. The van der Waals surface area contributed by atoms with Gasteiger partial charge in [-0.1, -0.05) is 12.2 Å². The SMILES string of the molecule is CCN(CC1CCCO1)C(=O)C1(C(N)=S)CC1. The van der Waals surface area contributed by atoms with E-state index in [1.54, 1.807) is 0 Å². The molecule has 1 aliphatic carbocycles. The molecule has 2 aliphatic rings. The fourth-order valence-electron chi connectivity index (χ4n) is 2.38. The van der Waals surface area contributed by atoms with Gasteiger partial charge < -0.3 is 15.4 Å². The van der Waals surface area contributed by atoms with Crippen molar-refractivity contribution in [3.8, 4) is 0 Å². The van der Waals surface area contributed by atoms with Crippen LogP contribution in [0.3, 0.4) is 0 Å². The molecule has 1 saturated carbocycles. The van der Waals surface area contributed by atoms with Gasteiger partial charge in [-0.25, -0.2) is 0 Å². The van der Waals surface area contributed by atoms with E-state index in [0.29, 0.717) is 18.1 Å². The van der Waals surface area contributed by atoms with Crippen molar-refractivity contribution in [2.24, 2.45) is 11.1 Å². The Bertz CT molecular complexity index is 322. The number of amides is 1. The molecule has 0 aromatic carbocycles. The molecule has 1 heterocycles. The monoisotopic (exact) mass is 256 g/mol. The van der Waals surface area contributed by atoms with Crippen molar-refractivity contribution >= 4 is 23.1 Å². The van der Waals surface area contributed by atoms with Crippen LogP contribution in [0.15, 0.2) is 0 Å². The molecule has 96 valence electrons. The summed E-state index contributed by atoms with van der Waals surface area (Å²) in [6.45, 7) is 4.18. The van der Waals surface area contributed by atoms with E-state index in [2.05, 4.69) is 0 Å². The molecule has 2 N–H and O–H groups in total. The zero-order valence-electron chi connectivity index (χ0n) is 10.3. The number of hydrogen-bond donors (Lipinski definition) is 1. The lowest BCUT2D eigenvalue weighted by molar-refractivity contribution is -0.135. The van der Waals surface area contributed by atoms with Crippen LogP contribution in [0, 0.1) is 5.41 Å². The molecule has 1 unspecified atom stereocenters. The van der Waals surface area contributed by atoms with E-state index in [4.69, 9.17) is 22.7 Å². The fourth-order valence-corrected chi connectivity index (χ4v) is 2.67. The molecule has 2 rings (SSSR count). The van der Waals surface area contributed by atoms with Gasteiger partial charge in [-0.3, -0.25) is 4.79 Å². The maximum atomic E-state index is 12.4. The summed E-state index contributed by atoms with van der Waals surface area (Å²) in [6.07, 6.45) is 3.95. The summed E-state index contributed by atoms with van der Waals surface area (Å²) in [7, 11) is 0. The van der Waals surface area contributed by atoms with E-state index in [1.165, 1.54) is 0 Å². The average molecular weight is 256 g/mol. The first kappa shape index (κ1) is 12.8. The summed E-state index contributed by atoms with van der Waals surface area (Å²) in [4.78, 5) is 14.6.